The van der Waals surface area contributed by atoms with Gasteiger partial charge in [-0.05, 0) is 25.2 Å². The van der Waals surface area contributed by atoms with Crippen molar-refractivity contribution >= 4 is 0 Å². The van der Waals surface area contributed by atoms with Crippen LogP contribution in [0.15, 0.2) is 0 Å². The van der Waals surface area contributed by atoms with Crippen LogP contribution < -0.4 is 5.32 Å². The predicted octanol–water partition coefficient (Wildman–Crippen LogP) is 0.833. The van der Waals surface area contributed by atoms with Gasteiger partial charge in [-0.3, -0.25) is 0 Å². The molecule has 0 radical (unpaired) electrons. The van der Waals surface area contributed by atoms with Crippen molar-refractivity contribution < 1.29 is 5.11 Å². The van der Waals surface area contributed by atoms with Gasteiger partial charge in [-0.2, -0.15) is 0 Å². The van der Waals surface area contributed by atoms with E-state index in [9.17, 15) is 0 Å². The van der Waals surface area contributed by atoms with Gasteiger partial charge in [0.25, 0.3) is 0 Å². The van der Waals surface area contributed by atoms with E-state index < -0.39 is 0 Å². The van der Waals surface area contributed by atoms with Gasteiger partial charge in [0.2, 0.25) is 0 Å². The summed E-state index contributed by atoms with van der Waals surface area (Å²) >= 11 is 0. The zero-order valence-corrected chi connectivity index (χ0v) is 9.84. The normalized spacial score (nSPS) is 26.8. The lowest BCUT2D eigenvalue weighted by Crippen LogP contribution is -2.56. The second-order valence-electron chi connectivity index (χ2n) is 5.47. The Morgan fingerprint density at radius 1 is 1.33 bits per heavy atom. The molecule has 0 aromatic rings. The lowest BCUT2D eigenvalue weighted by Gasteiger charge is -2.48. The van der Waals surface area contributed by atoms with Crippen molar-refractivity contribution in [3.05, 3.63) is 0 Å². The summed E-state index contributed by atoms with van der Waals surface area (Å²) in [6.07, 6.45) is 5.61. The molecular weight excluding hydrogens is 188 g/mol. The monoisotopic (exact) mass is 212 g/mol. The quantitative estimate of drug-likeness (QED) is 0.663. The van der Waals surface area contributed by atoms with E-state index in [-0.39, 0.29) is 6.10 Å². The maximum Gasteiger partial charge on any atom is 0.0636 e. The molecule has 2 rings (SSSR count). The van der Waals surface area contributed by atoms with Crippen LogP contribution in [0.25, 0.3) is 0 Å². The van der Waals surface area contributed by atoms with Crippen molar-refractivity contribution in [1.82, 2.24) is 10.2 Å². The third kappa shape index (κ3) is 2.92. The summed E-state index contributed by atoms with van der Waals surface area (Å²) in [7, 11) is 0. The Bertz CT molecular complexity index is 192. The maximum absolute atomic E-state index is 9.08. The summed E-state index contributed by atoms with van der Waals surface area (Å²) in [4.78, 5) is 2.54. The molecule has 2 N–H and O–H groups in total. The molecule has 0 amide bonds. The summed E-state index contributed by atoms with van der Waals surface area (Å²) < 4.78 is 0. The van der Waals surface area contributed by atoms with Crippen molar-refractivity contribution in [3.63, 3.8) is 0 Å². The zero-order valence-electron chi connectivity index (χ0n) is 9.84. The van der Waals surface area contributed by atoms with E-state index in [4.69, 9.17) is 5.11 Å². The van der Waals surface area contributed by atoms with Crippen LogP contribution >= 0.6 is 0 Å². The summed E-state index contributed by atoms with van der Waals surface area (Å²) in [6, 6.07) is 0. The summed E-state index contributed by atoms with van der Waals surface area (Å²) in [5.41, 5.74) is 0.726. The molecule has 0 aromatic carbocycles. The molecule has 2 fully saturated rings. The van der Waals surface area contributed by atoms with Crippen LogP contribution in [-0.4, -0.2) is 48.8 Å². The van der Waals surface area contributed by atoms with Gasteiger partial charge in [0.15, 0.2) is 0 Å². The van der Waals surface area contributed by atoms with Crippen molar-refractivity contribution in [3.8, 4) is 0 Å². The van der Waals surface area contributed by atoms with E-state index >= 15 is 0 Å². The number of likely N-dealkylation sites (tertiary alicyclic amines) is 1. The van der Waals surface area contributed by atoms with Crippen LogP contribution in [0.1, 0.15) is 32.6 Å². The second-order valence-corrected chi connectivity index (χ2v) is 5.47. The van der Waals surface area contributed by atoms with Gasteiger partial charge < -0.3 is 15.3 Å². The Kier molecular flexibility index (Phi) is 3.65. The van der Waals surface area contributed by atoms with E-state index in [0.29, 0.717) is 0 Å². The predicted molar refractivity (Wildman–Crippen MR) is 61.9 cm³/mol. The third-order valence-corrected chi connectivity index (χ3v) is 3.83. The molecule has 0 aromatic heterocycles. The molecule has 1 unspecified atom stereocenters. The highest BCUT2D eigenvalue weighted by atomic mass is 16.3. The molecule has 1 heterocycles. The Morgan fingerprint density at radius 3 is 2.60 bits per heavy atom. The van der Waals surface area contributed by atoms with E-state index in [1.165, 1.54) is 38.8 Å². The average molecular weight is 212 g/mol. The minimum absolute atomic E-state index is 0.220. The van der Waals surface area contributed by atoms with Crippen molar-refractivity contribution in [1.29, 1.82) is 0 Å². The fourth-order valence-electron chi connectivity index (χ4n) is 3.05. The van der Waals surface area contributed by atoms with Gasteiger partial charge in [0.1, 0.15) is 0 Å². The van der Waals surface area contributed by atoms with Gasteiger partial charge >= 0.3 is 0 Å². The molecule has 2 aliphatic rings. The van der Waals surface area contributed by atoms with Gasteiger partial charge in [0, 0.05) is 32.7 Å². The fraction of sp³-hybridized carbons (Fsp3) is 1.00. The number of aliphatic hydroxyl groups excluding tert-OH is 1. The molecule has 3 nitrogen and oxygen atoms in total. The first-order valence-electron chi connectivity index (χ1n) is 6.31. The SMILES string of the molecule is CC(O)CNCCN1CC2(CCCC2)C1. The van der Waals surface area contributed by atoms with Crippen LogP contribution in [0.5, 0.6) is 0 Å². The van der Waals surface area contributed by atoms with Gasteiger partial charge in [-0.15, -0.1) is 0 Å². The fourth-order valence-corrected chi connectivity index (χ4v) is 3.05. The van der Waals surface area contributed by atoms with Gasteiger partial charge in [-0.1, -0.05) is 12.8 Å². The van der Waals surface area contributed by atoms with Crippen molar-refractivity contribution in [2.75, 3.05) is 32.7 Å². The smallest absolute Gasteiger partial charge is 0.0636 e. The highest BCUT2D eigenvalue weighted by Crippen LogP contribution is 2.44. The lowest BCUT2D eigenvalue weighted by molar-refractivity contribution is 0.00700. The van der Waals surface area contributed by atoms with E-state index in [1.807, 2.05) is 6.92 Å². The minimum atomic E-state index is -0.220. The molecule has 15 heavy (non-hydrogen) atoms. The Labute approximate surface area is 92.8 Å². The number of nitrogens with one attached hydrogen (secondary N) is 1. The molecular formula is C12H24N2O. The number of nitrogens with zero attached hydrogens (tertiary/aromatic N) is 1. The van der Waals surface area contributed by atoms with Crippen LogP contribution in [0, 0.1) is 5.41 Å². The van der Waals surface area contributed by atoms with Crippen LogP contribution in [0.3, 0.4) is 0 Å². The van der Waals surface area contributed by atoms with Crippen LogP contribution in [-0.2, 0) is 0 Å². The second kappa shape index (κ2) is 4.81. The molecule has 1 spiro atoms. The van der Waals surface area contributed by atoms with Crippen LogP contribution in [0.2, 0.25) is 0 Å². The molecule has 1 saturated carbocycles. The molecule has 3 heteroatoms. The molecule has 1 aliphatic carbocycles. The molecule has 0 bridgehead atoms. The van der Waals surface area contributed by atoms with Gasteiger partial charge in [-0.25, -0.2) is 0 Å². The highest BCUT2D eigenvalue weighted by Gasteiger charge is 2.43. The third-order valence-electron chi connectivity index (χ3n) is 3.83. The summed E-state index contributed by atoms with van der Waals surface area (Å²) in [5, 5.41) is 12.4. The lowest BCUT2D eigenvalue weighted by atomic mass is 9.78. The first-order chi connectivity index (χ1) is 7.20. The zero-order chi connectivity index (χ0) is 10.7. The minimum Gasteiger partial charge on any atom is -0.392 e. The van der Waals surface area contributed by atoms with Crippen LogP contribution in [0.4, 0.5) is 0 Å². The number of hydrogen-bond acceptors (Lipinski definition) is 3. The maximum atomic E-state index is 9.08. The number of rotatable bonds is 5. The molecule has 1 aliphatic heterocycles. The topological polar surface area (TPSA) is 35.5 Å². The number of aliphatic hydroxyl groups is 1. The summed E-state index contributed by atoms with van der Waals surface area (Å²) in [5.74, 6) is 0. The highest BCUT2D eigenvalue weighted by molar-refractivity contribution is 4.97. The first kappa shape index (κ1) is 11.4. The average Bonchev–Trinajstić information content (AvgIpc) is 2.59. The van der Waals surface area contributed by atoms with E-state index in [2.05, 4.69) is 10.2 Å². The van der Waals surface area contributed by atoms with Gasteiger partial charge in [0.05, 0.1) is 6.10 Å². The Hall–Kier alpha value is -0.120. The summed E-state index contributed by atoms with van der Waals surface area (Å²) in [6.45, 7) is 7.35. The Morgan fingerprint density at radius 2 is 2.00 bits per heavy atom. The first-order valence-corrected chi connectivity index (χ1v) is 6.31. The largest absolute Gasteiger partial charge is 0.392 e. The Balaban J connectivity index is 1.52. The van der Waals surface area contributed by atoms with E-state index in [0.717, 1.165) is 25.0 Å². The molecule has 1 saturated heterocycles. The molecule has 1 atom stereocenters. The number of hydrogen-bond donors (Lipinski definition) is 2. The standard InChI is InChI=1S/C12H24N2O/c1-11(15)8-13-6-7-14-9-12(10-14)4-2-3-5-12/h11,13,15H,2-10H2,1H3. The van der Waals surface area contributed by atoms with Crippen molar-refractivity contribution in [2.45, 2.75) is 38.7 Å². The van der Waals surface area contributed by atoms with Crippen molar-refractivity contribution in [2.24, 2.45) is 5.41 Å². The molecule has 88 valence electrons. The van der Waals surface area contributed by atoms with E-state index in [1.54, 1.807) is 0 Å².